The minimum Gasteiger partial charge on any atom is -0.493 e. The van der Waals surface area contributed by atoms with Gasteiger partial charge in [-0.15, -0.1) is 0 Å². The molecule has 1 aromatic carbocycles. The predicted octanol–water partition coefficient (Wildman–Crippen LogP) is 1.91. The summed E-state index contributed by atoms with van der Waals surface area (Å²) in [4.78, 5) is 0. The maximum absolute atomic E-state index is 5.61. The summed E-state index contributed by atoms with van der Waals surface area (Å²) in [6.07, 6.45) is 2.23. The number of fused-ring (bicyclic) bond motifs is 3. The zero-order valence-electron chi connectivity index (χ0n) is 8.01. The van der Waals surface area contributed by atoms with Crippen molar-refractivity contribution in [3.05, 3.63) is 23.3 Å². The van der Waals surface area contributed by atoms with Crippen LogP contribution in [0.25, 0.3) is 0 Å². The van der Waals surface area contributed by atoms with Crippen LogP contribution in [0.1, 0.15) is 17.5 Å². The lowest BCUT2D eigenvalue weighted by Crippen LogP contribution is -2.19. The maximum Gasteiger partial charge on any atom is 0.122 e. The van der Waals surface area contributed by atoms with E-state index in [1.54, 1.807) is 0 Å². The van der Waals surface area contributed by atoms with Gasteiger partial charge in [0.1, 0.15) is 12.5 Å². The number of hydrogen-bond donors (Lipinski definition) is 1. The van der Waals surface area contributed by atoms with Gasteiger partial charge < -0.3 is 14.8 Å². The van der Waals surface area contributed by atoms with Gasteiger partial charge in [0, 0.05) is 16.8 Å². The molecule has 3 heteroatoms. The van der Waals surface area contributed by atoms with Crippen LogP contribution < -0.4 is 10.1 Å². The van der Waals surface area contributed by atoms with Crippen molar-refractivity contribution < 1.29 is 9.47 Å². The number of nitrogens with one attached hydrogen (secondary N) is 1. The summed E-state index contributed by atoms with van der Waals surface area (Å²) in [5.74, 6) is 1.04. The summed E-state index contributed by atoms with van der Waals surface area (Å²) in [5, 5.41) is 3.23. The molecule has 0 radical (unpaired) electrons. The second-order valence-corrected chi connectivity index (χ2v) is 3.69. The predicted molar refractivity (Wildman–Crippen MR) is 53.5 cm³/mol. The molecule has 0 saturated heterocycles. The monoisotopic (exact) mass is 191 g/mol. The fourth-order valence-corrected chi connectivity index (χ4v) is 2.12. The molecular weight excluding hydrogens is 178 g/mol. The lowest BCUT2D eigenvalue weighted by molar-refractivity contribution is 0.129. The van der Waals surface area contributed by atoms with Gasteiger partial charge in [-0.2, -0.15) is 0 Å². The summed E-state index contributed by atoms with van der Waals surface area (Å²) in [6, 6.07) is 4.15. The van der Waals surface area contributed by atoms with E-state index in [1.165, 1.54) is 16.8 Å². The largest absolute Gasteiger partial charge is 0.493 e. The lowest BCUT2D eigenvalue weighted by Gasteiger charge is -2.26. The van der Waals surface area contributed by atoms with E-state index in [-0.39, 0.29) is 0 Å². The highest BCUT2D eigenvalue weighted by molar-refractivity contribution is 5.60. The zero-order chi connectivity index (χ0) is 9.38. The van der Waals surface area contributed by atoms with E-state index in [0.29, 0.717) is 6.73 Å². The van der Waals surface area contributed by atoms with Gasteiger partial charge in [0.15, 0.2) is 0 Å². The fraction of sp³-hybridized carbons (Fsp3) is 0.455. The van der Waals surface area contributed by atoms with E-state index in [4.69, 9.17) is 9.47 Å². The highest BCUT2D eigenvalue weighted by atomic mass is 16.5. The summed E-state index contributed by atoms with van der Waals surface area (Å²) < 4.78 is 11.0. The molecule has 0 unspecified atom stereocenters. The van der Waals surface area contributed by atoms with Crippen LogP contribution in [-0.4, -0.2) is 13.3 Å². The van der Waals surface area contributed by atoms with Crippen LogP contribution in [0, 0.1) is 0 Å². The van der Waals surface area contributed by atoms with Gasteiger partial charge in [-0.05, 0) is 25.0 Å². The molecular formula is C11H13NO2. The maximum atomic E-state index is 5.61. The summed E-state index contributed by atoms with van der Waals surface area (Å²) in [6.45, 7) is 2.18. The van der Waals surface area contributed by atoms with Crippen molar-refractivity contribution >= 4 is 5.69 Å². The molecule has 2 aliphatic rings. The van der Waals surface area contributed by atoms with Crippen LogP contribution in [0.3, 0.4) is 0 Å². The summed E-state index contributed by atoms with van der Waals surface area (Å²) >= 11 is 0. The number of anilines is 1. The molecule has 0 atom stereocenters. The molecule has 74 valence electrons. The Morgan fingerprint density at radius 3 is 3.21 bits per heavy atom. The van der Waals surface area contributed by atoms with Gasteiger partial charge in [0.25, 0.3) is 0 Å². The van der Waals surface area contributed by atoms with Crippen LogP contribution in [0.2, 0.25) is 0 Å². The number of rotatable bonds is 0. The van der Waals surface area contributed by atoms with Crippen LogP contribution in [0.4, 0.5) is 5.69 Å². The van der Waals surface area contributed by atoms with Crippen molar-refractivity contribution in [3.63, 3.8) is 0 Å². The minimum absolute atomic E-state index is 0.618. The van der Waals surface area contributed by atoms with Crippen LogP contribution in [0.5, 0.6) is 5.75 Å². The van der Waals surface area contributed by atoms with E-state index in [0.717, 1.165) is 31.8 Å². The Balaban J connectivity index is 2.12. The van der Waals surface area contributed by atoms with Gasteiger partial charge in [0.2, 0.25) is 0 Å². The fourth-order valence-electron chi connectivity index (χ4n) is 2.12. The van der Waals surface area contributed by atoms with E-state index >= 15 is 0 Å². The van der Waals surface area contributed by atoms with Gasteiger partial charge in [-0.3, -0.25) is 0 Å². The van der Waals surface area contributed by atoms with Gasteiger partial charge in [0.05, 0.1) is 13.2 Å². The van der Waals surface area contributed by atoms with Crippen LogP contribution >= 0.6 is 0 Å². The normalized spacial score (nSPS) is 18.9. The zero-order valence-corrected chi connectivity index (χ0v) is 8.01. The molecule has 2 heterocycles. The van der Waals surface area contributed by atoms with Gasteiger partial charge >= 0.3 is 0 Å². The number of hydrogen-bond acceptors (Lipinski definition) is 3. The number of benzene rings is 1. The first-order valence-corrected chi connectivity index (χ1v) is 5.04. The Bertz CT molecular complexity index is 328. The van der Waals surface area contributed by atoms with E-state index in [9.17, 15) is 0 Å². The summed E-state index contributed by atoms with van der Waals surface area (Å²) in [7, 11) is 0. The molecule has 3 rings (SSSR count). The average molecular weight is 191 g/mol. The topological polar surface area (TPSA) is 30.5 Å². The van der Waals surface area contributed by atoms with Crippen molar-refractivity contribution in [2.75, 3.05) is 18.7 Å². The molecule has 0 aromatic heterocycles. The van der Waals surface area contributed by atoms with E-state index in [1.807, 2.05) is 0 Å². The lowest BCUT2D eigenvalue weighted by atomic mass is 9.98. The molecule has 3 nitrogen and oxygen atoms in total. The van der Waals surface area contributed by atoms with E-state index < -0.39 is 0 Å². The Hall–Kier alpha value is -1.22. The first kappa shape index (κ1) is 8.12. The van der Waals surface area contributed by atoms with Crippen molar-refractivity contribution in [1.29, 1.82) is 0 Å². The molecule has 1 N–H and O–H groups in total. The van der Waals surface area contributed by atoms with Crippen molar-refractivity contribution in [1.82, 2.24) is 0 Å². The number of ether oxygens (including phenoxy) is 2. The molecule has 0 saturated carbocycles. The van der Waals surface area contributed by atoms with Crippen molar-refractivity contribution in [2.24, 2.45) is 0 Å². The molecule has 0 amide bonds. The first-order valence-electron chi connectivity index (χ1n) is 5.04. The molecule has 0 bridgehead atoms. The van der Waals surface area contributed by atoms with Crippen LogP contribution in [-0.2, 0) is 17.8 Å². The van der Waals surface area contributed by atoms with E-state index in [2.05, 4.69) is 17.4 Å². The Kier molecular flexibility index (Phi) is 1.84. The van der Waals surface area contributed by atoms with Crippen molar-refractivity contribution in [3.8, 4) is 5.75 Å². The standard InChI is InChI=1S/C11H13NO2/c1-2-8-9-6-13-7-12-10(9)3-4-11(8)14-5-1/h3-4,12H,1-2,5-7H2. The third-order valence-corrected chi connectivity index (χ3v) is 2.83. The smallest absolute Gasteiger partial charge is 0.122 e. The third-order valence-electron chi connectivity index (χ3n) is 2.83. The van der Waals surface area contributed by atoms with Gasteiger partial charge in [-0.25, -0.2) is 0 Å². The second kappa shape index (κ2) is 3.17. The quantitative estimate of drug-likeness (QED) is 0.679. The summed E-state index contributed by atoms with van der Waals surface area (Å²) in [5.41, 5.74) is 3.83. The Morgan fingerprint density at radius 1 is 1.21 bits per heavy atom. The second-order valence-electron chi connectivity index (χ2n) is 3.69. The SMILES string of the molecule is c1cc2c(c3c1NCOC3)CCCO2. The molecule has 0 fully saturated rings. The molecule has 0 spiro atoms. The Morgan fingerprint density at radius 2 is 2.21 bits per heavy atom. The molecule has 0 aliphatic carbocycles. The van der Waals surface area contributed by atoms with Crippen molar-refractivity contribution in [2.45, 2.75) is 19.4 Å². The van der Waals surface area contributed by atoms with Gasteiger partial charge in [-0.1, -0.05) is 0 Å². The first-order chi connectivity index (χ1) is 6.95. The van der Waals surface area contributed by atoms with Crippen LogP contribution in [0.15, 0.2) is 12.1 Å². The molecule has 14 heavy (non-hydrogen) atoms. The average Bonchev–Trinajstić information content (AvgIpc) is 2.29. The molecule has 2 aliphatic heterocycles. The Labute approximate surface area is 83.0 Å². The third kappa shape index (κ3) is 1.16. The highest BCUT2D eigenvalue weighted by Crippen LogP contribution is 2.34. The minimum atomic E-state index is 0.618. The molecule has 1 aromatic rings. The highest BCUT2D eigenvalue weighted by Gasteiger charge is 2.19.